The van der Waals surface area contributed by atoms with Crippen molar-refractivity contribution in [2.75, 3.05) is 5.32 Å². The predicted octanol–water partition coefficient (Wildman–Crippen LogP) is 4.26. The first-order chi connectivity index (χ1) is 12.2. The topological polar surface area (TPSA) is 61.6 Å². The number of halogens is 1. The number of aromatic nitrogens is 2. The molecule has 0 aliphatic heterocycles. The first kappa shape index (κ1) is 15.3. The van der Waals surface area contributed by atoms with Crippen molar-refractivity contribution in [3.05, 3.63) is 77.9 Å². The van der Waals surface area contributed by atoms with Gasteiger partial charge in [-0.15, -0.1) is 0 Å². The SMILES string of the molecule is N#Cc1cnc(NC2(c3ccc(-c4ccc(F)cc4)cc3)CC2)nc1. The summed E-state index contributed by atoms with van der Waals surface area (Å²) in [5.41, 5.74) is 3.51. The highest BCUT2D eigenvalue weighted by Crippen LogP contribution is 2.48. The summed E-state index contributed by atoms with van der Waals surface area (Å²) in [6.07, 6.45) is 5.05. The maximum atomic E-state index is 13.0. The molecule has 2 aromatic carbocycles. The van der Waals surface area contributed by atoms with Crippen molar-refractivity contribution in [2.45, 2.75) is 18.4 Å². The van der Waals surface area contributed by atoms with Gasteiger partial charge in [-0.05, 0) is 41.7 Å². The average molecular weight is 330 g/mol. The van der Waals surface area contributed by atoms with Gasteiger partial charge in [0.25, 0.3) is 0 Å². The minimum atomic E-state index is -0.232. The van der Waals surface area contributed by atoms with Crippen molar-refractivity contribution in [3.8, 4) is 17.2 Å². The van der Waals surface area contributed by atoms with E-state index >= 15 is 0 Å². The van der Waals surface area contributed by atoms with Crippen LogP contribution in [0.4, 0.5) is 10.3 Å². The third-order valence-corrected chi connectivity index (χ3v) is 4.50. The van der Waals surface area contributed by atoms with Crippen LogP contribution in [0.5, 0.6) is 0 Å². The van der Waals surface area contributed by atoms with E-state index in [0.717, 1.165) is 24.0 Å². The average Bonchev–Trinajstić information content (AvgIpc) is 3.44. The maximum Gasteiger partial charge on any atom is 0.223 e. The fraction of sp³-hybridized carbons (Fsp3) is 0.150. The van der Waals surface area contributed by atoms with E-state index in [9.17, 15) is 4.39 Å². The number of nitriles is 1. The van der Waals surface area contributed by atoms with E-state index in [2.05, 4.69) is 27.4 Å². The molecule has 1 fully saturated rings. The fourth-order valence-corrected chi connectivity index (χ4v) is 2.90. The summed E-state index contributed by atoms with van der Waals surface area (Å²) in [4.78, 5) is 8.39. The van der Waals surface area contributed by atoms with Gasteiger partial charge in [0.15, 0.2) is 0 Å². The fourth-order valence-electron chi connectivity index (χ4n) is 2.90. The maximum absolute atomic E-state index is 13.0. The zero-order valence-corrected chi connectivity index (χ0v) is 13.4. The van der Waals surface area contributed by atoms with Crippen LogP contribution in [0.1, 0.15) is 24.0 Å². The number of nitrogens with one attached hydrogen (secondary N) is 1. The van der Waals surface area contributed by atoms with Gasteiger partial charge in [0.1, 0.15) is 11.9 Å². The molecule has 0 bridgehead atoms. The Hall–Kier alpha value is -3.26. The van der Waals surface area contributed by atoms with E-state index in [0.29, 0.717) is 11.5 Å². The zero-order chi connectivity index (χ0) is 17.3. The Balaban J connectivity index is 1.54. The van der Waals surface area contributed by atoms with Crippen molar-refractivity contribution >= 4 is 5.95 Å². The zero-order valence-electron chi connectivity index (χ0n) is 13.4. The summed E-state index contributed by atoms with van der Waals surface area (Å²) in [5.74, 6) is 0.294. The largest absolute Gasteiger partial charge is 0.345 e. The summed E-state index contributed by atoms with van der Waals surface area (Å²) in [5, 5.41) is 12.2. The molecule has 25 heavy (non-hydrogen) atoms. The molecule has 122 valence electrons. The lowest BCUT2D eigenvalue weighted by molar-refractivity contribution is 0.628. The lowest BCUT2D eigenvalue weighted by Crippen LogP contribution is -2.20. The Kier molecular flexibility index (Phi) is 3.66. The third-order valence-electron chi connectivity index (χ3n) is 4.50. The monoisotopic (exact) mass is 330 g/mol. The Morgan fingerprint density at radius 2 is 1.48 bits per heavy atom. The van der Waals surface area contributed by atoms with Gasteiger partial charge in [-0.1, -0.05) is 36.4 Å². The highest BCUT2D eigenvalue weighted by molar-refractivity contribution is 5.64. The summed E-state index contributed by atoms with van der Waals surface area (Å²) in [6.45, 7) is 0. The van der Waals surface area contributed by atoms with Gasteiger partial charge >= 0.3 is 0 Å². The molecule has 4 nitrogen and oxygen atoms in total. The summed E-state index contributed by atoms with van der Waals surface area (Å²) < 4.78 is 13.0. The molecule has 1 aliphatic rings. The van der Waals surface area contributed by atoms with Crippen LogP contribution < -0.4 is 5.32 Å². The van der Waals surface area contributed by atoms with Gasteiger partial charge in [0.2, 0.25) is 5.95 Å². The lowest BCUT2D eigenvalue weighted by atomic mass is 9.99. The molecule has 0 amide bonds. The molecule has 1 saturated carbocycles. The highest BCUT2D eigenvalue weighted by atomic mass is 19.1. The molecule has 0 atom stereocenters. The van der Waals surface area contributed by atoms with E-state index in [4.69, 9.17) is 5.26 Å². The third kappa shape index (κ3) is 3.07. The second kappa shape index (κ2) is 5.99. The Bertz CT molecular complexity index is 921. The quantitative estimate of drug-likeness (QED) is 0.776. The lowest BCUT2D eigenvalue weighted by Gasteiger charge is -2.18. The van der Waals surface area contributed by atoms with Crippen molar-refractivity contribution in [3.63, 3.8) is 0 Å². The number of hydrogen-bond donors (Lipinski definition) is 1. The van der Waals surface area contributed by atoms with Crippen LogP contribution in [0.3, 0.4) is 0 Å². The van der Waals surface area contributed by atoms with Gasteiger partial charge < -0.3 is 5.32 Å². The second-order valence-electron chi connectivity index (χ2n) is 6.20. The van der Waals surface area contributed by atoms with Crippen LogP contribution in [0.15, 0.2) is 60.9 Å². The van der Waals surface area contributed by atoms with Gasteiger partial charge in [-0.3, -0.25) is 0 Å². The molecule has 1 heterocycles. The molecule has 0 unspecified atom stereocenters. The molecule has 3 aromatic rings. The Labute approximate surface area is 145 Å². The first-order valence-corrected chi connectivity index (χ1v) is 8.05. The molecule has 0 spiro atoms. The summed E-state index contributed by atoms with van der Waals surface area (Å²) >= 11 is 0. The summed E-state index contributed by atoms with van der Waals surface area (Å²) in [6, 6.07) is 16.8. The second-order valence-corrected chi connectivity index (χ2v) is 6.20. The van der Waals surface area contributed by atoms with Crippen LogP contribution >= 0.6 is 0 Å². The van der Waals surface area contributed by atoms with E-state index < -0.39 is 0 Å². The van der Waals surface area contributed by atoms with Crippen molar-refractivity contribution in [1.82, 2.24) is 9.97 Å². The van der Waals surface area contributed by atoms with Crippen molar-refractivity contribution in [2.24, 2.45) is 0 Å². The van der Waals surface area contributed by atoms with E-state index in [1.807, 2.05) is 18.2 Å². The van der Waals surface area contributed by atoms with Crippen molar-refractivity contribution < 1.29 is 4.39 Å². The Morgan fingerprint density at radius 1 is 0.920 bits per heavy atom. The Morgan fingerprint density at radius 3 is 2.00 bits per heavy atom. The number of hydrogen-bond acceptors (Lipinski definition) is 4. The van der Waals surface area contributed by atoms with Crippen LogP contribution in [-0.2, 0) is 5.54 Å². The molecule has 4 rings (SSSR count). The number of benzene rings is 2. The van der Waals surface area contributed by atoms with Gasteiger partial charge in [-0.2, -0.15) is 5.26 Å². The molecular weight excluding hydrogens is 315 g/mol. The van der Waals surface area contributed by atoms with Gasteiger partial charge in [-0.25, -0.2) is 14.4 Å². The van der Waals surface area contributed by atoms with Crippen LogP contribution in [0.2, 0.25) is 0 Å². The molecule has 1 aromatic heterocycles. The van der Waals surface area contributed by atoms with Crippen molar-refractivity contribution in [1.29, 1.82) is 5.26 Å². The normalized spacial score (nSPS) is 14.6. The van der Waals surface area contributed by atoms with E-state index in [1.54, 1.807) is 12.1 Å². The molecular formula is C20H15FN4. The van der Waals surface area contributed by atoms with Gasteiger partial charge in [0, 0.05) is 0 Å². The van der Waals surface area contributed by atoms with Crippen LogP contribution in [-0.4, -0.2) is 9.97 Å². The molecule has 0 saturated heterocycles. The molecule has 5 heteroatoms. The van der Waals surface area contributed by atoms with Gasteiger partial charge in [0.05, 0.1) is 23.5 Å². The smallest absolute Gasteiger partial charge is 0.223 e. The molecule has 1 aliphatic carbocycles. The molecule has 1 N–H and O–H groups in total. The van der Waals surface area contributed by atoms with Crippen LogP contribution in [0.25, 0.3) is 11.1 Å². The number of anilines is 1. The van der Waals surface area contributed by atoms with Crippen LogP contribution in [0, 0.1) is 17.1 Å². The number of rotatable bonds is 4. The predicted molar refractivity (Wildman–Crippen MR) is 93.1 cm³/mol. The summed E-state index contributed by atoms with van der Waals surface area (Å²) in [7, 11) is 0. The minimum absolute atomic E-state index is 0.143. The molecule has 0 radical (unpaired) electrons. The highest BCUT2D eigenvalue weighted by Gasteiger charge is 2.44. The van der Waals surface area contributed by atoms with E-state index in [-0.39, 0.29) is 11.4 Å². The first-order valence-electron chi connectivity index (χ1n) is 8.05. The standard InChI is InChI=1S/C20H15FN4/c21-18-7-3-16(4-8-18)15-1-5-17(6-2-15)20(9-10-20)25-19-23-12-14(11-22)13-24-19/h1-8,12-13H,9-10H2,(H,23,24,25). The minimum Gasteiger partial charge on any atom is -0.345 e. The number of nitrogens with zero attached hydrogens (tertiary/aromatic N) is 3. The van der Waals surface area contributed by atoms with E-state index in [1.165, 1.54) is 30.1 Å².